The van der Waals surface area contributed by atoms with Crippen molar-refractivity contribution in [2.24, 2.45) is 5.92 Å². The van der Waals surface area contributed by atoms with Gasteiger partial charge in [0.05, 0.1) is 12.7 Å². The Labute approximate surface area is 123 Å². The smallest absolute Gasteiger partial charge is 0.326 e. The normalized spacial score (nSPS) is 27.5. The Morgan fingerprint density at radius 2 is 2.15 bits per heavy atom. The van der Waals surface area contributed by atoms with Crippen LogP contribution in [-0.2, 0) is 14.3 Å². The zero-order chi connectivity index (χ0) is 15.0. The lowest BCUT2D eigenvalue weighted by atomic mass is 9.97. The Kier molecular flexibility index (Phi) is 7.52. The molecule has 20 heavy (non-hydrogen) atoms. The Bertz CT molecular complexity index is 295. The molecule has 1 fully saturated rings. The van der Waals surface area contributed by atoms with E-state index in [0.29, 0.717) is 12.5 Å². The fourth-order valence-electron chi connectivity index (χ4n) is 3.04. The molecule has 0 bridgehead atoms. The number of carbonyl (C=O) groups excluding carboxylic acids is 1. The highest BCUT2D eigenvalue weighted by atomic mass is 16.5. The average Bonchev–Trinajstić information content (AvgIpc) is 2.82. The van der Waals surface area contributed by atoms with Gasteiger partial charge in [0.2, 0.25) is 0 Å². The van der Waals surface area contributed by atoms with E-state index in [4.69, 9.17) is 9.47 Å². The summed E-state index contributed by atoms with van der Waals surface area (Å²) in [6, 6.07) is 0. The van der Waals surface area contributed by atoms with Gasteiger partial charge in [-0.05, 0) is 38.6 Å². The third kappa shape index (κ3) is 4.74. The second kappa shape index (κ2) is 8.63. The van der Waals surface area contributed by atoms with E-state index in [1.807, 2.05) is 13.8 Å². The molecule has 3 atom stereocenters. The maximum absolute atomic E-state index is 12.2. The zero-order valence-electron chi connectivity index (χ0n) is 13.5. The van der Waals surface area contributed by atoms with Crippen molar-refractivity contribution in [2.75, 3.05) is 19.8 Å². The van der Waals surface area contributed by atoms with Gasteiger partial charge < -0.3 is 14.8 Å². The van der Waals surface area contributed by atoms with E-state index in [9.17, 15) is 4.79 Å². The lowest BCUT2D eigenvalue weighted by Crippen LogP contribution is -2.51. The predicted molar refractivity (Wildman–Crippen MR) is 80.7 cm³/mol. The van der Waals surface area contributed by atoms with Crippen molar-refractivity contribution in [2.45, 2.75) is 71.4 Å². The lowest BCUT2D eigenvalue weighted by Gasteiger charge is -2.28. The molecule has 1 aliphatic rings. The quantitative estimate of drug-likeness (QED) is 0.662. The SMILES string of the molecule is CCCC(C)COC1CCC(NCC)(C(=O)OCC)C1. The fourth-order valence-corrected chi connectivity index (χ4v) is 3.04. The van der Waals surface area contributed by atoms with Gasteiger partial charge in [-0.2, -0.15) is 0 Å². The van der Waals surface area contributed by atoms with E-state index in [0.717, 1.165) is 32.4 Å². The second-order valence-electron chi connectivity index (χ2n) is 5.92. The van der Waals surface area contributed by atoms with Gasteiger partial charge in [0.25, 0.3) is 0 Å². The Hall–Kier alpha value is -0.610. The van der Waals surface area contributed by atoms with Crippen molar-refractivity contribution in [3.8, 4) is 0 Å². The van der Waals surface area contributed by atoms with Crippen LogP contribution in [0.2, 0.25) is 0 Å². The van der Waals surface area contributed by atoms with Crippen molar-refractivity contribution in [1.82, 2.24) is 5.32 Å². The molecule has 0 radical (unpaired) electrons. The molecule has 0 aromatic heterocycles. The van der Waals surface area contributed by atoms with Gasteiger partial charge in [-0.25, -0.2) is 0 Å². The summed E-state index contributed by atoms with van der Waals surface area (Å²) < 4.78 is 11.2. The predicted octanol–water partition coefficient (Wildman–Crippen LogP) is 2.90. The van der Waals surface area contributed by atoms with Crippen LogP contribution in [0.5, 0.6) is 0 Å². The third-order valence-corrected chi connectivity index (χ3v) is 4.05. The highest BCUT2D eigenvalue weighted by Gasteiger charge is 2.46. The molecule has 0 amide bonds. The first-order valence-electron chi connectivity index (χ1n) is 8.11. The number of ether oxygens (including phenoxy) is 2. The standard InChI is InChI=1S/C16H31NO3/c1-5-8-13(4)12-20-14-9-10-16(11-14,17-6-2)15(18)19-7-3/h13-14,17H,5-12H2,1-4H3. The van der Waals surface area contributed by atoms with Crippen LogP contribution in [0.4, 0.5) is 0 Å². The van der Waals surface area contributed by atoms with E-state index in [1.54, 1.807) is 0 Å². The number of carbonyl (C=O) groups is 1. The minimum atomic E-state index is -0.524. The number of hydrogen-bond acceptors (Lipinski definition) is 4. The molecule has 1 saturated carbocycles. The topological polar surface area (TPSA) is 47.6 Å². The second-order valence-corrected chi connectivity index (χ2v) is 5.92. The molecule has 0 aromatic carbocycles. The van der Waals surface area contributed by atoms with E-state index in [-0.39, 0.29) is 12.1 Å². The van der Waals surface area contributed by atoms with Gasteiger partial charge in [-0.3, -0.25) is 4.79 Å². The summed E-state index contributed by atoms with van der Waals surface area (Å²) in [5.41, 5.74) is -0.524. The number of rotatable bonds is 9. The van der Waals surface area contributed by atoms with Crippen molar-refractivity contribution >= 4 is 5.97 Å². The van der Waals surface area contributed by atoms with Crippen LogP contribution in [0, 0.1) is 5.92 Å². The summed E-state index contributed by atoms with van der Waals surface area (Å²) in [5, 5.41) is 3.33. The Morgan fingerprint density at radius 3 is 2.75 bits per heavy atom. The highest BCUT2D eigenvalue weighted by Crippen LogP contribution is 2.33. The fraction of sp³-hybridized carbons (Fsp3) is 0.938. The molecule has 118 valence electrons. The molecule has 0 saturated heterocycles. The minimum Gasteiger partial charge on any atom is -0.465 e. The van der Waals surface area contributed by atoms with Crippen molar-refractivity contribution in [3.05, 3.63) is 0 Å². The molecular weight excluding hydrogens is 254 g/mol. The van der Waals surface area contributed by atoms with Crippen LogP contribution in [0.15, 0.2) is 0 Å². The third-order valence-electron chi connectivity index (χ3n) is 4.05. The minimum absolute atomic E-state index is 0.116. The molecule has 0 spiro atoms. The van der Waals surface area contributed by atoms with Gasteiger partial charge in [-0.1, -0.05) is 27.2 Å². The summed E-state index contributed by atoms with van der Waals surface area (Å²) in [4.78, 5) is 12.2. The first-order chi connectivity index (χ1) is 9.57. The largest absolute Gasteiger partial charge is 0.465 e. The summed E-state index contributed by atoms with van der Waals surface area (Å²) in [7, 11) is 0. The van der Waals surface area contributed by atoms with Gasteiger partial charge >= 0.3 is 5.97 Å². The van der Waals surface area contributed by atoms with Gasteiger partial charge in [0.15, 0.2) is 0 Å². The van der Waals surface area contributed by atoms with E-state index in [1.165, 1.54) is 12.8 Å². The molecule has 0 aromatic rings. The van der Waals surface area contributed by atoms with Crippen LogP contribution in [0.1, 0.15) is 59.8 Å². The molecule has 0 aliphatic heterocycles. The Morgan fingerprint density at radius 1 is 1.40 bits per heavy atom. The maximum atomic E-state index is 12.2. The number of likely N-dealkylation sites (N-methyl/N-ethyl adjacent to an activating group) is 1. The maximum Gasteiger partial charge on any atom is 0.326 e. The zero-order valence-corrected chi connectivity index (χ0v) is 13.5. The molecule has 1 rings (SSSR count). The lowest BCUT2D eigenvalue weighted by molar-refractivity contribution is -0.151. The highest BCUT2D eigenvalue weighted by molar-refractivity contribution is 5.81. The van der Waals surface area contributed by atoms with Gasteiger partial charge in [0.1, 0.15) is 5.54 Å². The summed E-state index contributed by atoms with van der Waals surface area (Å²) in [6.07, 6.45) is 5.05. The number of nitrogens with one attached hydrogen (secondary N) is 1. The van der Waals surface area contributed by atoms with Crippen LogP contribution >= 0.6 is 0 Å². The monoisotopic (exact) mass is 285 g/mol. The molecule has 3 unspecified atom stereocenters. The molecule has 0 heterocycles. The van der Waals surface area contributed by atoms with E-state index < -0.39 is 5.54 Å². The van der Waals surface area contributed by atoms with E-state index >= 15 is 0 Å². The van der Waals surface area contributed by atoms with Crippen LogP contribution in [-0.4, -0.2) is 37.4 Å². The van der Waals surface area contributed by atoms with Gasteiger partial charge in [-0.15, -0.1) is 0 Å². The summed E-state index contributed by atoms with van der Waals surface area (Å²) in [6.45, 7) is 10.3. The van der Waals surface area contributed by atoms with E-state index in [2.05, 4.69) is 19.2 Å². The Balaban J connectivity index is 2.50. The van der Waals surface area contributed by atoms with Crippen LogP contribution < -0.4 is 5.32 Å². The first-order valence-corrected chi connectivity index (χ1v) is 8.11. The van der Waals surface area contributed by atoms with Crippen molar-refractivity contribution in [1.29, 1.82) is 0 Å². The van der Waals surface area contributed by atoms with Crippen molar-refractivity contribution in [3.63, 3.8) is 0 Å². The van der Waals surface area contributed by atoms with Crippen LogP contribution in [0.25, 0.3) is 0 Å². The summed E-state index contributed by atoms with van der Waals surface area (Å²) in [5.74, 6) is 0.478. The molecule has 4 heteroatoms. The first kappa shape index (κ1) is 17.4. The van der Waals surface area contributed by atoms with Crippen LogP contribution in [0.3, 0.4) is 0 Å². The molecule has 4 nitrogen and oxygen atoms in total. The number of esters is 1. The van der Waals surface area contributed by atoms with Gasteiger partial charge in [0, 0.05) is 13.0 Å². The van der Waals surface area contributed by atoms with Crippen molar-refractivity contribution < 1.29 is 14.3 Å². The number of hydrogen-bond donors (Lipinski definition) is 1. The molecule has 1 N–H and O–H groups in total. The summed E-state index contributed by atoms with van der Waals surface area (Å²) >= 11 is 0. The average molecular weight is 285 g/mol. The molecule has 1 aliphatic carbocycles. The molecular formula is C16H31NO3.